The van der Waals surface area contributed by atoms with E-state index in [2.05, 4.69) is 10.8 Å². The topological polar surface area (TPSA) is 79.2 Å². The number of nitriles is 1. The first-order valence-electron chi connectivity index (χ1n) is 7.36. The highest BCUT2D eigenvalue weighted by Crippen LogP contribution is 2.30. The Balaban J connectivity index is 2.09. The normalized spacial score (nSPS) is 17.8. The molecule has 1 unspecified atom stereocenters. The summed E-state index contributed by atoms with van der Waals surface area (Å²) < 4.78 is 31.9. The van der Waals surface area contributed by atoms with Crippen LogP contribution in [0.2, 0.25) is 0 Å². The molecule has 0 radical (unpaired) electrons. The monoisotopic (exact) mass is 320 g/mol. The van der Waals surface area contributed by atoms with E-state index >= 15 is 0 Å². The van der Waals surface area contributed by atoms with Gasteiger partial charge in [0.1, 0.15) is 11.8 Å². The van der Waals surface area contributed by atoms with Crippen molar-refractivity contribution in [3.8, 4) is 11.8 Å². The van der Waals surface area contributed by atoms with E-state index in [1.165, 1.54) is 0 Å². The lowest BCUT2D eigenvalue weighted by atomic mass is 10.0. The summed E-state index contributed by atoms with van der Waals surface area (Å²) in [5.74, 6) is 0.782. The molecule has 1 aliphatic carbocycles. The molecule has 0 bridgehead atoms. The number of nitrogens with one attached hydrogen (secondary N) is 1. The highest BCUT2D eigenvalue weighted by molar-refractivity contribution is 7.89. The van der Waals surface area contributed by atoms with Gasteiger partial charge in [-0.05, 0) is 42.5 Å². The van der Waals surface area contributed by atoms with Crippen molar-refractivity contribution in [2.75, 3.05) is 12.4 Å². The molecule has 118 valence electrons. The number of hydrogen-bond acceptors (Lipinski definition) is 4. The van der Waals surface area contributed by atoms with Crippen LogP contribution >= 0.6 is 0 Å². The first kappa shape index (κ1) is 16.5. The number of ether oxygens (including phenoxy) is 1. The van der Waals surface area contributed by atoms with Crippen LogP contribution in [0.15, 0.2) is 30.3 Å². The van der Waals surface area contributed by atoms with Gasteiger partial charge >= 0.3 is 0 Å². The van der Waals surface area contributed by atoms with Gasteiger partial charge in [0.05, 0.1) is 5.75 Å². The highest BCUT2D eigenvalue weighted by atomic mass is 32.2. The number of hydrogen-bond donors (Lipinski definition) is 1. The molecule has 0 saturated carbocycles. The second-order valence-electron chi connectivity index (χ2n) is 5.20. The van der Waals surface area contributed by atoms with Crippen molar-refractivity contribution in [3.05, 3.63) is 35.9 Å². The maximum Gasteiger partial charge on any atom is 0.212 e. The first-order chi connectivity index (χ1) is 10.6. The fourth-order valence-electron chi connectivity index (χ4n) is 2.55. The van der Waals surface area contributed by atoms with Crippen molar-refractivity contribution in [2.24, 2.45) is 0 Å². The van der Waals surface area contributed by atoms with Crippen LogP contribution in [0.5, 0.6) is 5.75 Å². The maximum atomic E-state index is 11.9. The molecule has 5 nitrogen and oxygen atoms in total. The second-order valence-corrected chi connectivity index (χ2v) is 7.07. The van der Waals surface area contributed by atoms with Gasteiger partial charge in [-0.1, -0.05) is 25.1 Å². The fraction of sp³-hybridized carbons (Fsp3) is 0.438. The minimum atomic E-state index is -3.23. The molecule has 1 aromatic carbocycles. The number of rotatable bonds is 7. The molecule has 0 fully saturated rings. The van der Waals surface area contributed by atoms with E-state index in [0.717, 1.165) is 24.0 Å². The largest absolute Gasteiger partial charge is 0.479 e. The third-order valence-electron chi connectivity index (χ3n) is 3.48. The lowest BCUT2D eigenvalue weighted by Gasteiger charge is -2.17. The molecule has 0 aliphatic heterocycles. The Morgan fingerprint density at radius 1 is 1.36 bits per heavy atom. The van der Waals surface area contributed by atoms with Crippen LogP contribution in [0.3, 0.4) is 0 Å². The molecule has 1 aromatic rings. The van der Waals surface area contributed by atoms with Crippen LogP contribution < -0.4 is 9.46 Å². The zero-order valence-corrected chi connectivity index (χ0v) is 13.4. The molecule has 0 amide bonds. The van der Waals surface area contributed by atoms with Gasteiger partial charge in [0.2, 0.25) is 10.0 Å². The Hall–Kier alpha value is -1.84. The lowest BCUT2D eigenvalue weighted by molar-refractivity contribution is 0.368. The van der Waals surface area contributed by atoms with Crippen LogP contribution in [0.4, 0.5) is 0 Å². The summed E-state index contributed by atoms with van der Waals surface area (Å²) in [5.41, 5.74) is 1.98. The summed E-state index contributed by atoms with van der Waals surface area (Å²) >= 11 is 0. The van der Waals surface area contributed by atoms with Gasteiger partial charge in [-0.3, -0.25) is 0 Å². The number of nitrogens with zero attached hydrogens (tertiary/aromatic N) is 1. The fourth-order valence-corrected chi connectivity index (χ4v) is 3.88. The molecular formula is C16H20N2O3S. The van der Waals surface area contributed by atoms with Crippen molar-refractivity contribution in [1.82, 2.24) is 4.72 Å². The average molecular weight is 320 g/mol. The Morgan fingerprint density at radius 2 is 2.09 bits per heavy atom. The average Bonchev–Trinajstić information content (AvgIpc) is 2.93. The number of benzene rings is 1. The Morgan fingerprint density at radius 3 is 2.73 bits per heavy atom. The van der Waals surface area contributed by atoms with Crippen molar-refractivity contribution >= 4 is 15.6 Å². The first-order valence-corrected chi connectivity index (χ1v) is 9.01. The van der Waals surface area contributed by atoms with Crippen LogP contribution in [-0.4, -0.2) is 26.8 Å². The van der Waals surface area contributed by atoms with Gasteiger partial charge in [-0.2, -0.15) is 5.26 Å². The summed E-state index contributed by atoms with van der Waals surface area (Å²) in [6.45, 7) is 1.87. The summed E-state index contributed by atoms with van der Waals surface area (Å²) in [6.07, 6.45) is 4.32. The third-order valence-corrected chi connectivity index (χ3v) is 5.07. The molecule has 0 saturated heterocycles. The minimum Gasteiger partial charge on any atom is -0.479 e. The van der Waals surface area contributed by atoms with Crippen molar-refractivity contribution in [1.29, 1.82) is 5.26 Å². The molecule has 0 heterocycles. The number of allylic oxidation sites excluding steroid dienone is 1. The Labute approximate surface area is 131 Å². The molecule has 2 rings (SSSR count). The van der Waals surface area contributed by atoms with Crippen molar-refractivity contribution in [2.45, 2.75) is 32.2 Å². The smallest absolute Gasteiger partial charge is 0.212 e. The van der Waals surface area contributed by atoms with Gasteiger partial charge < -0.3 is 4.74 Å². The van der Waals surface area contributed by atoms with E-state index in [9.17, 15) is 8.42 Å². The quantitative estimate of drug-likeness (QED) is 0.837. The predicted molar refractivity (Wildman–Crippen MR) is 85.8 cm³/mol. The second kappa shape index (κ2) is 7.43. The van der Waals surface area contributed by atoms with Crippen LogP contribution in [0.1, 0.15) is 31.7 Å². The SMILES string of the molecule is CCCS(=O)(=O)NC1CCC=C1c1ccc(OCC#N)cc1. The van der Waals surface area contributed by atoms with E-state index in [-0.39, 0.29) is 18.4 Å². The molecule has 6 heteroatoms. The third kappa shape index (κ3) is 4.33. The molecule has 1 atom stereocenters. The molecule has 0 aromatic heterocycles. The highest BCUT2D eigenvalue weighted by Gasteiger charge is 2.24. The molecule has 0 spiro atoms. The van der Waals surface area contributed by atoms with Gasteiger partial charge in [-0.25, -0.2) is 13.1 Å². The van der Waals surface area contributed by atoms with Crippen LogP contribution in [0.25, 0.3) is 5.57 Å². The van der Waals surface area contributed by atoms with E-state index in [4.69, 9.17) is 10.00 Å². The van der Waals surface area contributed by atoms with Crippen LogP contribution in [0, 0.1) is 11.3 Å². The summed E-state index contributed by atoms with van der Waals surface area (Å²) in [5, 5.41) is 8.49. The van der Waals surface area contributed by atoms with Gasteiger partial charge in [-0.15, -0.1) is 0 Å². The summed E-state index contributed by atoms with van der Waals surface area (Å²) in [6, 6.07) is 9.13. The van der Waals surface area contributed by atoms with Crippen molar-refractivity contribution < 1.29 is 13.2 Å². The standard InChI is InChI=1S/C16H20N2O3S/c1-2-12-22(19,20)18-16-5-3-4-15(16)13-6-8-14(9-7-13)21-11-10-17/h4,6-9,16,18H,2-3,5,11-12H2,1H3. The van der Waals surface area contributed by atoms with Crippen molar-refractivity contribution in [3.63, 3.8) is 0 Å². The van der Waals surface area contributed by atoms with Gasteiger partial charge in [0.25, 0.3) is 0 Å². The summed E-state index contributed by atoms with van der Waals surface area (Å²) in [7, 11) is -3.23. The molecule has 1 aliphatic rings. The minimum absolute atomic E-state index is 0.0154. The van der Waals surface area contributed by atoms with E-state index in [0.29, 0.717) is 12.2 Å². The van der Waals surface area contributed by atoms with Gasteiger partial charge in [0, 0.05) is 6.04 Å². The zero-order valence-electron chi connectivity index (χ0n) is 12.6. The Bertz CT molecular complexity index is 672. The maximum absolute atomic E-state index is 11.9. The molecular weight excluding hydrogens is 300 g/mol. The molecule has 1 N–H and O–H groups in total. The lowest BCUT2D eigenvalue weighted by Crippen LogP contribution is -2.35. The van der Waals surface area contributed by atoms with E-state index in [1.807, 2.05) is 25.1 Å². The zero-order chi connectivity index (χ0) is 16.0. The number of sulfonamides is 1. The van der Waals surface area contributed by atoms with Gasteiger partial charge in [0.15, 0.2) is 6.61 Å². The van der Waals surface area contributed by atoms with Crippen LogP contribution in [-0.2, 0) is 10.0 Å². The molecule has 22 heavy (non-hydrogen) atoms. The van der Waals surface area contributed by atoms with E-state index in [1.54, 1.807) is 12.1 Å². The Kier molecular flexibility index (Phi) is 5.58. The van der Waals surface area contributed by atoms with E-state index < -0.39 is 10.0 Å². The predicted octanol–water partition coefficient (Wildman–Crippen LogP) is 2.46. The summed E-state index contributed by atoms with van der Waals surface area (Å²) in [4.78, 5) is 0.